The van der Waals surface area contributed by atoms with Crippen molar-refractivity contribution in [3.05, 3.63) is 40.5 Å². The average molecular weight is 276 g/mol. The molecule has 3 aliphatic heterocycles. The molecule has 0 N–H and O–H groups in total. The molecule has 0 saturated carbocycles. The lowest BCUT2D eigenvalue weighted by molar-refractivity contribution is 0.221. The molecule has 0 amide bonds. The number of hydrogen-bond acceptors (Lipinski definition) is 1. The third kappa shape index (κ3) is 2.53. The molecular formula is C17H22ClN. The maximum Gasteiger partial charge on any atom is 0.0406 e. The van der Waals surface area contributed by atoms with Crippen LogP contribution in [0.4, 0.5) is 0 Å². The Balaban J connectivity index is 1.99. The molecule has 1 aromatic carbocycles. The highest BCUT2D eigenvalue weighted by atomic mass is 35.5. The summed E-state index contributed by atoms with van der Waals surface area (Å²) in [5.41, 5.74) is 4.62. The van der Waals surface area contributed by atoms with Gasteiger partial charge in [0.25, 0.3) is 0 Å². The molecule has 0 aliphatic carbocycles. The van der Waals surface area contributed by atoms with Crippen LogP contribution >= 0.6 is 11.6 Å². The second-order valence-corrected chi connectivity index (χ2v) is 6.17. The van der Waals surface area contributed by atoms with Crippen LogP contribution in [0.5, 0.6) is 0 Å². The number of rotatable bonds is 4. The smallest absolute Gasteiger partial charge is 0.0406 e. The monoisotopic (exact) mass is 275 g/mol. The van der Waals surface area contributed by atoms with Gasteiger partial charge >= 0.3 is 0 Å². The van der Waals surface area contributed by atoms with Crippen molar-refractivity contribution in [3.63, 3.8) is 0 Å². The van der Waals surface area contributed by atoms with Gasteiger partial charge in [0.2, 0.25) is 0 Å². The summed E-state index contributed by atoms with van der Waals surface area (Å²) in [6.45, 7) is 4.81. The summed E-state index contributed by atoms with van der Waals surface area (Å²) >= 11 is 6.02. The van der Waals surface area contributed by atoms with Gasteiger partial charge in [-0.1, -0.05) is 37.1 Å². The van der Waals surface area contributed by atoms with Crippen molar-refractivity contribution in [3.8, 4) is 0 Å². The van der Waals surface area contributed by atoms with Gasteiger partial charge in [-0.2, -0.15) is 0 Å². The normalized spacial score (nSPS) is 19.4. The molecule has 0 spiro atoms. The summed E-state index contributed by atoms with van der Waals surface area (Å²) in [6, 6.07) is 8.45. The van der Waals surface area contributed by atoms with E-state index in [-0.39, 0.29) is 0 Å². The second kappa shape index (κ2) is 5.58. The lowest BCUT2D eigenvalue weighted by Gasteiger charge is -2.44. The Morgan fingerprint density at radius 1 is 1.16 bits per heavy atom. The summed E-state index contributed by atoms with van der Waals surface area (Å²) < 4.78 is 0. The quantitative estimate of drug-likeness (QED) is 0.750. The van der Waals surface area contributed by atoms with Gasteiger partial charge in [-0.15, -0.1) is 0 Å². The molecule has 3 heterocycles. The zero-order chi connectivity index (χ0) is 13.2. The Bertz CT molecular complexity index is 467. The molecule has 0 aromatic heterocycles. The van der Waals surface area contributed by atoms with E-state index >= 15 is 0 Å². The van der Waals surface area contributed by atoms with Gasteiger partial charge in [0.15, 0.2) is 0 Å². The van der Waals surface area contributed by atoms with E-state index in [0.717, 1.165) is 10.9 Å². The van der Waals surface area contributed by atoms with Crippen LogP contribution in [0.3, 0.4) is 0 Å². The van der Waals surface area contributed by atoms with Crippen LogP contribution in [0.15, 0.2) is 30.0 Å². The van der Waals surface area contributed by atoms with Crippen LogP contribution in [-0.2, 0) is 0 Å². The number of benzene rings is 1. The topological polar surface area (TPSA) is 3.24 Å². The lowest BCUT2D eigenvalue weighted by atomic mass is 9.78. The number of fused-ring (bicyclic) bond motifs is 2. The molecule has 2 bridgehead atoms. The van der Waals surface area contributed by atoms with E-state index in [9.17, 15) is 0 Å². The largest absolute Gasteiger partial charge is 0.375 e. The predicted octanol–water partition coefficient (Wildman–Crippen LogP) is 4.97. The molecule has 0 unspecified atom stereocenters. The summed E-state index contributed by atoms with van der Waals surface area (Å²) in [4.78, 5) is 2.62. The van der Waals surface area contributed by atoms with Crippen LogP contribution in [0.2, 0.25) is 5.02 Å². The molecule has 3 aliphatic rings. The van der Waals surface area contributed by atoms with Gasteiger partial charge in [-0.25, -0.2) is 0 Å². The maximum absolute atomic E-state index is 6.02. The third-order valence-electron chi connectivity index (χ3n) is 4.52. The first-order valence-electron chi connectivity index (χ1n) is 7.53. The Morgan fingerprint density at radius 3 is 2.47 bits per heavy atom. The van der Waals surface area contributed by atoms with Crippen molar-refractivity contribution < 1.29 is 0 Å². The maximum atomic E-state index is 6.02. The van der Waals surface area contributed by atoms with Crippen LogP contribution in [0.25, 0.3) is 5.57 Å². The average Bonchev–Trinajstić information content (AvgIpc) is 2.47. The first-order valence-corrected chi connectivity index (χ1v) is 7.91. The van der Waals surface area contributed by atoms with E-state index in [0.29, 0.717) is 0 Å². The fraction of sp³-hybridized carbons (Fsp3) is 0.529. The van der Waals surface area contributed by atoms with Gasteiger partial charge < -0.3 is 4.90 Å². The molecule has 19 heavy (non-hydrogen) atoms. The summed E-state index contributed by atoms with van der Waals surface area (Å²) in [5.74, 6) is 0.776. The van der Waals surface area contributed by atoms with E-state index in [1.54, 1.807) is 11.3 Å². The Hall–Kier alpha value is -0.950. The highest BCUT2D eigenvalue weighted by molar-refractivity contribution is 6.30. The minimum Gasteiger partial charge on any atom is -0.375 e. The molecule has 0 radical (unpaired) electrons. The zero-order valence-corrected chi connectivity index (χ0v) is 12.4. The third-order valence-corrected chi connectivity index (χ3v) is 4.77. The summed E-state index contributed by atoms with van der Waals surface area (Å²) in [6.07, 6.45) is 6.47. The fourth-order valence-electron chi connectivity index (χ4n) is 3.51. The van der Waals surface area contributed by atoms with Crippen molar-refractivity contribution in [2.45, 2.75) is 39.0 Å². The molecule has 1 aromatic rings. The standard InChI is InChI=1S/C17H22ClN/c1-2-3-4-16-17(13-5-7-15(18)8-6-13)14-9-11-19(16)12-10-14/h5-8,14H,2-4,9-12H2,1H3. The SMILES string of the molecule is CCCCC1=C(c2ccc(Cl)cc2)C2CCN1CC2. The van der Waals surface area contributed by atoms with Crippen LogP contribution < -0.4 is 0 Å². The number of allylic oxidation sites excluding steroid dienone is 2. The Labute approximate surface area is 121 Å². The van der Waals surface area contributed by atoms with Crippen molar-refractivity contribution in [2.24, 2.45) is 5.92 Å². The number of nitrogens with zero attached hydrogens (tertiary/aromatic N) is 1. The number of halogens is 1. The van der Waals surface area contributed by atoms with Crippen molar-refractivity contribution in [1.29, 1.82) is 0 Å². The molecule has 1 fully saturated rings. The first-order chi connectivity index (χ1) is 9.29. The Morgan fingerprint density at radius 2 is 1.84 bits per heavy atom. The molecule has 102 valence electrons. The molecule has 0 atom stereocenters. The van der Waals surface area contributed by atoms with E-state index in [1.165, 1.54) is 50.8 Å². The van der Waals surface area contributed by atoms with Crippen molar-refractivity contribution in [1.82, 2.24) is 4.90 Å². The molecule has 4 rings (SSSR count). The van der Waals surface area contributed by atoms with Gasteiger partial charge in [-0.3, -0.25) is 0 Å². The van der Waals surface area contributed by atoms with E-state index in [4.69, 9.17) is 11.6 Å². The van der Waals surface area contributed by atoms with E-state index < -0.39 is 0 Å². The molecule has 1 saturated heterocycles. The minimum atomic E-state index is 0.776. The lowest BCUT2D eigenvalue weighted by Crippen LogP contribution is -2.39. The first kappa shape index (κ1) is 13.1. The summed E-state index contributed by atoms with van der Waals surface area (Å²) in [7, 11) is 0. The number of unbranched alkanes of at least 4 members (excludes halogenated alkanes) is 1. The minimum absolute atomic E-state index is 0.776. The highest BCUT2D eigenvalue weighted by Crippen LogP contribution is 2.43. The van der Waals surface area contributed by atoms with E-state index in [1.807, 2.05) is 12.1 Å². The van der Waals surface area contributed by atoms with Crippen molar-refractivity contribution >= 4 is 17.2 Å². The van der Waals surface area contributed by atoms with Crippen LogP contribution in [0.1, 0.15) is 44.6 Å². The number of hydrogen-bond donors (Lipinski definition) is 0. The van der Waals surface area contributed by atoms with Crippen LogP contribution in [0, 0.1) is 5.92 Å². The van der Waals surface area contributed by atoms with Crippen LogP contribution in [-0.4, -0.2) is 18.0 Å². The van der Waals surface area contributed by atoms with Gasteiger partial charge in [-0.05, 0) is 54.9 Å². The summed E-state index contributed by atoms with van der Waals surface area (Å²) in [5, 5.41) is 0.834. The molecule has 2 heteroatoms. The van der Waals surface area contributed by atoms with Gasteiger partial charge in [0.05, 0.1) is 0 Å². The molecular weight excluding hydrogens is 254 g/mol. The zero-order valence-electron chi connectivity index (χ0n) is 11.7. The van der Waals surface area contributed by atoms with Gasteiger partial charge in [0, 0.05) is 23.8 Å². The Kier molecular flexibility index (Phi) is 3.83. The fourth-order valence-corrected chi connectivity index (χ4v) is 3.64. The predicted molar refractivity (Wildman–Crippen MR) is 82.2 cm³/mol. The molecule has 1 nitrogen and oxygen atoms in total. The van der Waals surface area contributed by atoms with Gasteiger partial charge in [0.1, 0.15) is 0 Å². The van der Waals surface area contributed by atoms with E-state index in [2.05, 4.69) is 24.0 Å². The van der Waals surface area contributed by atoms with Crippen molar-refractivity contribution in [2.75, 3.05) is 13.1 Å². The second-order valence-electron chi connectivity index (χ2n) is 5.73. The highest BCUT2D eigenvalue weighted by Gasteiger charge is 2.32. The number of piperidine rings is 1.